The highest BCUT2D eigenvalue weighted by molar-refractivity contribution is 7.71. The van der Waals surface area contributed by atoms with Gasteiger partial charge < -0.3 is 0 Å². The molecule has 0 bridgehead atoms. The Bertz CT molecular complexity index is 787. The lowest BCUT2D eigenvalue weighted by atomic mass is 10.3. The molecule has 0 amide bonds. The SMILES string of the molecule is Cc1nc(-c2n[nH]c(=S)n2-c2cccc(F)c2)cs1. The molecule has 19 heavy (non-hydrogen) atoms. The Morgan fingerprint density at radius 1 is 1.42 bits per heavy atom. The first-order chi connectivity index (χ1) is 9.15. The Morgan fingerprint density at radius 2 is 2.26 bits per heavy atom. The molecule has 7 heteroatoms. The molecule has 0 unspecified atom stereocenters. The summed E-state index contributed by atoms with van der Waals surface area (Å²) in [4.78, 5) is 4.38. The molecule has 0 aliphatic carbocycles. The van der Waals surface area contributed by atoms with Gasteiger partial charge in [0.25, 0.3) is 0 Å². The van der Waals surface area contributed by atoms with Gasteiger partial charge in [-0.15, -0.1) is 11.3 Å². The molecule has 96 valence electrons. The van der Waals surface area contributed by atoms with Crippen molar-refractivity contribution < 1.29 is 4.39 Å². The Morgan fingerprint density at radius 3 is 2.95 bits per heavy atom. The van der Waals surface area contributed by atoms with Crippen molar-refractivity contribution in [1.82, 2.24) is 19.7 Å². The van der Waals surface area contributed by atoms with Crippen LogP contribution in [0.15, 0.2) is 29.6 Å². The normalized spacial score (nSPS) is 10.8. The molecule has 0 fully saturated rings. The Labute approximate surface area is 117 Å². The maximum Gasteiger partial charge on any atom is 0.200 e. The number of nitrogens with one attached hydrogen (secondary N) is 1. The number of nitrogens with zero attached hydrogens (tertiary/aromatic N) is 3. The first kappa shape index (κ1) is 12.2. The van der Waals surface area contributed by atoms with Gasteiger partial charge in [-0.05, 0) is 37.3 Å². The monoisotopic (exact) mass is 292 g/mol. The molecule has 0 spiro atoms. The van der Waals surface area contributed by atoms with Gasteiger partial charge in [0.15, 0.2) is 10.6 Å². The molecule has 0 radical (unpaired) electrons. The van der Waals surface area contributed by atoms with Gasteiger partial charge >= 0.3 is 0 Å². The summed E-state index contributed by atoms with van der Waals surface area (Å²) in [7, 11) is 0. The second-order valence-electron chi connectivity index (χ2n) is 3.92. The third-order valence-corrected chi connectivity index (χ3v) is 3.63. The molecule has 3 aromatic rings. The first-order valence-electron chi connectivity index (χ1n) is 5.51. The standard InChI is InChI=1S/C12H9FN4S2/c1-7-14-10(6-19-7)11-15-16-12(18)17(11)9-4-2-3-8(13)5-9/h2-6H,1H3,(H,16,18). The van der Waals surface area contributed by atoms with E-state index in [0.717, 1.165) is 10.7 Å². The summed E-state index contributed by atoms with van der Waals surface area (Å²) < 4.78 is 15.4. The minimum atomic E-state index is -0.319. The van der Waals surface area contributed by atoms with Crippen molar-refractivity contribution in [3.63, 3.8) is 0 Å². The molecule has 0 saturated heterocycles. The number of H-pyrrole nitrogens is 1. The van der Waals surface area contributed by atoms with Gasteiger partial charge in [-0.1, -0.05) is 6.07 Å². The Hall–Kier alpha value is -1.86. The van der Waals surface area contributed by atoms with Crippen LogP contribution < -0.4 is 0 Å². The van der Waals surface area contributed by atoms with Crippen molar-refractivity contribution in [3.8, 4) is 17.2 Å². The number of aromatic amines is 1. The number of hydrogen-bond donors (Lipinski definition) is 1. The maximum atomic E-state index is 13.3. The fraction of sp³-hybridized carbons (Fsp3) is 0.0833. The number of halogens is 1. The van der Waals surface area contributed by atoms with E-state index in [0.29, 0.717) is 16.3 Å². The van der Waals surface area contributed by atoms with Gasteiger partial charge in [-0.25, -0.2) is 9.37 Å². The molecule has 0 saturated carbocycles. The molecule has 2 aromatic heterocycles. The van der Waals surface area contributed by atoms with Gasteiger partial charge in [-0.2, -0.15) is 5.10 Å². The summed E-state index contributed by atoms with van der Waals surface area (Å²) in [5.74, 6) is 0.265. The summed E-state index contributed by atoms with van der Waals surface area (Å²) in [6, 6.07) is 6.21. The highest BCUT2D eigenvalue weighted by Crippen LogP contribution is 2.23. The van der Waals surface area contributed by atoms with Crippen molar-refractivity contribution in [2.24, 2.45) is 0 Å². The van der Waals surface area contributed by atoms with Crippen molar-refractivity contribution in [3.05, 3.63) is 45.2 Å². The number of benzene rings is 1. The second kappa shape index (κ2) is 4.67. The predicted molar refractivity (Wildman–Crippen MR) is 74.6 cm³/mol. The minimum absolute atomic E-state index is 0.319. The number of thiazole rings is 1. The van der Waals surface area contributed by atoms with E-state index in [1.165, 1.54) is 23.5 Å². The number of aromatic nitrogens is 4. The van der Waals surface area contributed by atoms with Crippen LogP contribution in [0, 0.1) is 17.5 Å². The number of hydrogen-bond acceptors (Lipinski definition) is 4. The molecule has 4 nitrogen and oxygen atoms in total. The first-order valence-corrected chi connectivity index (χ1v) is 6.80. The zero-order valence-corrected chi connectivity index (χ0v) is 11.6. The fourth-order valence-corrected chi connectivity index (χ4v) is 2.62. The van der Waals surface area contributed by atoms with E-state index in [1.54, 1.807) is 16.7 Å². The van der Waals surface area contributed by atoms with Crippen LogP contribution in [0.1, 0.15) is 5.01 Å². The molecule has 3 rings (SSSR count). The zero-order valence-electron chi connectivity index (χ0n) is 9.92. The smallest absolute Gasteiger partial charge is 0.200 e. The molecule has 2 heterocycles. The van der Waals surface area contributed by atoms with Gasteiger partial charge in [0.2, 0.25) is 0 Å². The molecule has 1 aromatic carbocycles. The lowest BCUT2D eigenvalue weighted by Gasteiger charge is -2.04. The third-order valence-electron chi connectivity index (χ3n) is 2.59. The van der Waals surface area contributed by atoms with Gasteiger partial charge in [-0.3, -0.25) is 9.67 Å². The summed E-state index contributed by atoms with van der Waals surface area (Å²) in [6.07, 6.45) is 0. The topological polar surface area (TPSA) is 46.5 Å². The summed E-state index contributed by atoms with van der Waals surface area (Å²) in [5, 5.41) is 9.73. The Kier molecular flexibility index (Phi) is 3.00. The van der Waals surface area contributed by atoms with E-state index in [4.69, 9.17) is 12.2 Å². The van der Waals surface area contributed by atoms with Crippen molar-refractivity contribution in [1.29, 1.82) is 0 Å². The fourth-order valence-electron chi connectivity index (χ4n) is 1.79. The molecular weight excluding hydrogens is 283 g/mol. The summed E-state index contributed by atoms with van der Waals surface area (Å²) in [6.45, 7) is 1.92. The summed E-state index contributed by atoms with van der Waals surface area (Å²) in [5.41, 5.74) is 1.35. The van der Waals surface area contributed by atoms with Crippen LogP contribution in [0.4, 0.5) is 4.39 Å². The highest BCUT2D eigenvalue weighted by atomic mass is 32.1. The van der Waals surface area contributed by atoms with Crippen LogP contribution in [0.2, 0.25) is 0 Å². The summed E-state index contributed by atoms with van der Waals surface area (Å²) >= 11 is 6.73. The predicted octanol–water partition coefficient (Wildman–Crippen LogP) is 3.50. The average molecular weight is 292 g/mol. The quantitative estimate of drug-likeness (QED) is 0.735. The number of rotatable bonds is 2. The van der Waals surface area contributed by atoms with Crippen molar-refractivity contribution in [2.45, 2.75) is 6.92 Å². The van der Waals surface area contributed by atoms with Crippen LogP contribution >= 0.6 is 23.6 Å². The zero-order chi connectivity index (χ0) is 13.4. The van der Waals surface area contributed by atoms with Crippen LogP contribution in [0.5, 0.6) is 0 Å². The van der Waals surface area contributed by atoms with Gasteiger partial charge in [0.05, 0.1) is 10.7 Å². The maximum absolute atomic E-state index is 13.3. The van der Waals surface area contributed by atoms with Gasteiger partial charge in [0, 0.05) is 5.38 Å². The molecule has 0 aliphatic rings. The van der Waals surface area contributed by atoms with Crippen LogP contribution in [-0.2, 0) is 0 Å². The van der Waals surface area contributed by atoms with E-state index in [9.17, 15) is 4.39 Å². The Balaban J connectivity index is 2.22. The lowest BCUT2D eigenvalue weighted by molar-refractivity contribution is 0.626. The van der Waals surface area contributed by atoms with E-state index in [1.807, 2.05) is 12.3 Å². The second-order valence-corrected chi connectivity index (χ2v) is 5.37. The van der Waals surface area contributed by atoms with Crippen LogP contribution in [-0.4, -0.2) is 19.7 Å². The van der Waals surface area contributed by atoms with E-state index in [2.05, 4.69) is 15.2 Å². The van der Waals surface area contributed by atoms with Crippen molar-refractivity contribution >= 4 is 23.6 Å². The van der Waals surface area contributed by atoms with E-state index < -0.39 is 0 Å². The molecule has 1 N–H and O–H groups in total. The number of aryl methyl sites for hydroxylation is 1. The minimum Gasteiger partial charge on any atom is -0.267 e. The van der Waals surface area contributed by atoms with Crippen LogP contribution in [0.25, 0.3) is 17.2 Å². The highest BCUT2D eigenvalue weighted by Gasteiger charge is 2.13. The van der Waals surface area contributed by atoms with E-state index >= 15 is 0 Å². The van der Waals surface area contributed by atoms with Gasteiger partial charge in [0.1, 0.15) is 11.5 Å². The largest absolute Gasteiger partial charge is 0.267 e. The molecule has 0 aliphatic heterocycles. The average Bonchev–Trinajstić information content (AvgIpc) is 2.95. The lowest BCUT2D eigenvalue weighted by Crippen LogP contribution is -1.98. The third kappa shape index (κ3) is 2.22. The van der Waals surface area contributed by atoms with Crippen molar-refractivity contribution in [2.75, 3.05) is 0 Å². The van der Waals surface area contributed by atoms with E-state index in [-0.39, 0.29) is 5.82 Å². The molecule has 0 atom stereocenters. The molecular formula is C12H9FN4S2. The van der Waals surface area contributed by atoms with Crippen LogP contribution in [0.3, 0.4) is 0 Å².